The predicted octanol–water partition coefficient (Wildman–Crippen LogP) is 1.88. The maximum atomic E-state index is 11.5. The molecule has 2 amide bonds. The molecule has 0 radical (unpaired) electrons. The first kappa shape index (κ1) is 16.4. The summed E-state index contributed by atoms with van der Waals surface area (Å²) >= 11 is 0. The van der Waals surface area contributed by atoms with Gasteiger partial charge in [0.2, 0.25) is 0 Å². The molecule has 2 rings (SSSR count). The monoisotopic (exact) mass is 303 g/mol. The molecule has 0 unspecified atom stereocenters. The third kappa shape index (κ3) is 4.77. The van der Waals surface area contributed by atoms with Crippen LogP contribution >= 0.6 is 0 Å². The zero-order valence-corrected chi connectivity index (χ0v) is 12.9. The van der Waals surface area contributed by atoms with E-state index in [0.717, 1.165) is 31.5 Å². The molecule has 0 aliphatic carbocycles. The molecule has 5 nitrogen and oxygen atoms in total. The Hall–Kier alpha value is -2.01. The molecule has 1 heterocycles. The van der Waals surface area contributed by atoms with Crippen molar-refractivity contribution in [3.05, 3.63) is 42.5 Å². The van der Waals surface area contributed by atoms with Crippen LogP contribution in [-0.2, 0) is 6.54 Å². The molecule has 0 spiro atoms. The topological polar surface area (TPSA) is 64.6 Å². The summed E-state index contributed by atoms with van der Waals surface area (Å²) in [5.41, 5.74) is 2.28. The fraction of sp³-hybridized carbons (Fsp3) is 0.471. The number of nitrogens with zero attached hydrogens (tertiary/aromatic N) is 1. The summed E-state index contributed by atoms with van der Waals surface area (Å²) in [7, 11) is 0. The van der Waals surface area contributed by atoms with Crippen molar-refractivity contribution in [3.63, 3.8) is 0 Å². The van der Waals surface area contributed by atoms with E-state index in [4.69, 9.17) is 0 Å². The SMILES string of the molecule is C=CCNC(=O)NCc1ccc(N2CCC(CO)CC2)cc1. The number of carbonyl (C=O) groups excluding carboxylic acids is 1. The Labute approximate surface area is 132 Å². The molecule has 22 heavy (non-hydrogen) atoms. The van der Waals surface area contributed by atoms with Crippen LogP contribution in [-0.4, -0.2) is 37.4 Å². The van der Waals surface area contributed by atoms with Crippen LogP contribution < -0.4 is 15.5 Å². The molecule has 1 aromatic rings. The quantitative estimate of drug-likeness (QED) is 0.703. The van der Waals surface area contributed by atoms with Gasteiger partial charge in [0.1, 0.15) is 0 Å². The number of anilines is 1. The third-order valence-corrected chi connectivity index (χ3v) is 4.03. The maximum Gasteiger partial charge on any atom is 0.315 e. The summed E-state index contributed by atoms with van der Waals surface area (Å²) in [5.74, 6) is 0.453. The van der Waals surface area contributed by atoms with Crippen molar-refractivity contribution in [2.75, 3.05) is 31.1 Å². The van der Waals surface area contributed by atoms with Crippen molar-refractivity contribution in [2.24, 2.45) is 5.92 Å². The average molecular weight is 303 g/mol. The second-order valence-corrected chi connectivity index (χ2v) is 5.63. The number of rotatable bonds is 6. The lowest BCUT2D eigenvalue weighted by Gasteiger charge is -2.33. The standard InChI is InChI=1S/C17H25N3O2/c1-2-9-18-17(22)19-12-14-3-5-16(6-4-14)20-10-7-15(13-21)8-11-20/h2-6,15,21H,1,7-13H2,(H2,18,19,22). The van der Waals surface area contributed by atoms with E-state index in [9.17, 15) is 9.90 Å². The van der Waals surface area contributed by atoms with Gasteiger partial charge in [-0.1, -0.05) is 18.2 Å². The van der Waals surface area contributed by atoms with E-state index in [1.165, 1.54) is 5.69 Å². The molecule has 120 valence electrons. The van der Waals surface area contributed by atoms with Crippen LogP contribution in [0.5, 0.6) is 0 Å². The maximum absolute atomic E-state index is 11.5. The Morgan fingerprint density at radius 3 is 2.55 bits per heavy atom. The lowest BCUT2D eigenvalue weighted by molar-refractivity contribution is 0.203. The van der Waals surface area contributed by atoms with Gasteiger partial charge >= 0.3 is 6.03 Å². The smallest absolute Gasteiger partial charge is 0.315 e. The molecular weight excluding hydrogens is 278 g/mol. The Morgan fingerprint density at radius 1 is 1.27 bits per heavy atom. The van der Waals surface area contributed by atoms with Gasteiger partial charge in [-0.2, -0.15) is 0 Å². The van der Waals surface area contributed by atoms with E-state index in [1.54, 1.807) is 6.08 Å². The highest BCUT2D eigenvalue weighted by Crippen LogP contribution is 2.23. The lowest BCUT2D eigenvalue weighted by atomic mass is 9.97. The van der Waals surface area contributed by atoms with Crippen LogP contribution in [0.15, 0.2) is 36.9 Å². The van der Waals surface area contributed by atoms with Crippen molar-refractivity contribution in [3.8, 4) is 0 Å². The second kappa shape index (κ2) is 8.44. The number of carbonyl (C=O) groups is 1. The molecular formula is C17H25N3O2. The van der Waals surface area contributed by atoms with Crippen LogP contribution in [0.25, 0.3) is 0 Å². The van der Waals surface area contributed by atoms with Gasteiger partial charge in [-0.3, -0.25) is 0 Å². The zero-order valence-electron chi connectivity index (χ0n) is 12.9. The van der Waals surface area contributed by atoms with Crippen molar-refractivity contribution < 1.29 is 9.90 Å². The number of hydrogen-bond acceptors (Lipinski definition) is 3. The molecule has 1 aliphatic rings. The number of amides is 2. The minimum atomic E-state index is -0.185. The molecule has 0 bridgehead atoms. The molecule has 1 fully saturated rings. The van der Waals surface area contributed by atoms with Crippen LogP contribution in [0.3, 0.4) is 0 Å². The second-order valence-electron chi connectivity index (χ2n) is 5.63. The Morgan fingerprint density at radius 2 is 1.95 bits per heavy atom. The van der Waals surface area contributed by atoms with Gasteiger partial charge in [-0.15, -0.1) is 6.58 Å². The summed E-state index contributed by atoms with van der Waals surface area (Å²) in [5, 5.41) is 14.7. The summed E-state index contributed by atoms with van der Waals surface area (Å²) < 4.78 is 0. The number of aliphatic hydroxyl groups excluding tert-OH is 1. The predicted molar refractivity (Wildman–Crippen MR) is 88.9 cm³/mol. The first-order valence-electron chi connectivity index (χ1n) is 7.80. The number of aliphatic hydroxyl groups is 1. The fourth-order valence-electron chi connectivity index (χ4n) is 2.61. The molecule has 0 saturated carbocycles. The highest BCUT2D eigenvalue weighted by molar-refractivity contribution is 5.73. The van der Waals surface area contributed by atoms with Gasteiger partial charge in [-0.05, 0) is 36.5 Å². The summed E-state index contributed by atoms with van der Waals surface area (Å²) in [4.78, 5) is 13.8. The van der Waals surface area contributed by atoms with Gasteiger partial charge < -0.3 is 20.6 Å². The fourth-order valence-corrected chi connectivity index (χ4v) is 2.61. The van der Waals surface area contributed by atoms with Crippen LogP contribution in [0.4, 0.5) is 10.5 Å². The van der Waals surface area contributed by atoms with Gasteiger partial charge in [0.15, 0.2) is 0 Å². The molecule has 3 N–H and O–H groups in total. The van der Waals surface area contributed by atoms with E-state index in [0.29, 0.717) is 25.6 Å². The normalized spacial score (nSPS) is 15.4. The lowest BCUT2D eigenvalue weighted by Crippen LogP contribution is -2.35. The van der Waals surface area contributed by atoms with Gasteiger partial charge in [0.05, 0.1) is 0 Å². The van der Waals surface area contributed by atoms with Crippen molar-refractivity contribution in [2.45, 2.75) is 19.4 Å². The van der Waals surface area contributed by atoms with Gasteiger partial charge in [0.25, 0.3) is 0 Å². The summed E-state index contributed by atoms with van der Waals surface area (Å²) in [6.45, 7) is 6.81. The third-order valence-electron chi connectivity index (χ3n) is 4.03. The van der Waals surface area contributed by atoms with Gasteiger partial charge in [-0.25, -0.2) is 4.79 Å². The summed E-state index contributed by atoms with van der Waals surface area (Å²) in [6, 6.07) is 8.09. The van der Waals surface area contributed by atoms with E-state index in [1.807, 2.05) is 12.1 Å². The number of piperidine rings is 1. The average Bonchev–Trinajstić information content (AvgIpc) is 2.58. The van der Waals surface area contributed by atoms with Crippen molar-refractivity contribution >= 4 is 11.7 Å². The van der Waals surface area contributed by atoms with E-state index < -0.39 is 0 Å². The van der Waals surface area contributed by atoms with E-state index in [-0.39, 0.29) is 6.03 Å². The number of hydrogen-bond donors (Lipinski definition) is 3. The largest absolute Gasteiger partial charge is 0.396 e. The Bertz CT molecular complexity index is 479. The molecule has 1 aromatic carbocycles. The highest BCUT2D eigenvalue weighted by Gasteiger charge is 2.18. The number of urea groups is 1. The van der Waals surface area contributed by atoms with Crippen molar-refractivity contribution in [1.82, 2.24) is 10.6 Å². The zero-order chi connectivity index (χ0) is 15.8. The number of benzene rings is 1. The first-order chi connectivity index (χ1) is 10.7. The first-order valence-corrected chi connectivity index (χ1v) is 7.80. The van der Waals surface area contributed by atoms with Crippen LogP contribution in [0.2, 0.25) is 0 Å². The molecule has 5 heteroatoms. The molecule has 0 atom stereocenters. The Kier molecular flexibility index (Phi) is 6.27. The highest BCUT2D eigenvalue weighted by atomic mass is 16.3. The minimum Gasteiger partial charge on any atom is -0.396 e. The minimum absolute atomic E-state index is 0.185. The van der Waals surface area contributed by atoms with Gasteiger partial charge in [0, 0.05) is 38.5 Å². The molecule has 1 aliphatic heterocycles. The van der Waals surface area contributed by atoms with Crippen LogP contribution in [0.1, 0.15) is 18.4 Å². The molecule has 0 aromatic heterocycles. The van der Waals surface area contributed by atoms with E-state index in [2.05, 4.69) is 34.2 Å². The number of nitrogens with one attached hydrogen (secondary N) is 2. The Balaban J connectivity index is 1.80. The molecule has 1 saturated heterocycles. The van der Waals surface area contributed by atoms with Crippen LogP contribution in [0, 0.1) is 5.92 Å². The summed E-state index contributed by atoms with van der Waals surface area (Å²) in [6.07, 6.45) is 3.74. The van der Waals surface area contributed by atoms with Crippen molar-refractivity contribution in [1.29, 1.82) is 0 Å². The van der Waals surface area contributed by atoms with E-state index >= 15 is 0 Å².